The Morgan fingerprint density at radius 1 is 1.24 bits per heavy atom. The molecular formula is C15H14ClFN2O2. The van der Waals surface area contributed by atoms with Crippen LogP contribution in [-0.2, 0) is 0 Å². The van der Waals surface area contributed by atoms with Crippen LogP contribution in [0.2, 0.25) is 5.02 Å². The summed E-state index contributed by atoms with van der Waals surface area (Å²) < 4.78 is 19.5. The Morgan fingerprint density at radius 3 is 2.38 bits per heavy atom. The molecule has 6 heteroatoms. The Labute approximate surface area is 126 Å². The number of rotatable bonds is 3. The Morgan fingerprint density at radius 2 is 1.86 bits per heavy atom. The molecule has 0 amide bonds. The van der Waals surface area contributed by atoms with Crippen molar-refractivity contribution in [2.75, 3.05) is 0 Å². The van der Waals surface area contributed by atoms with Crippen molar-refractivity contribution in [2.24, 2.45) is 10.9 Å². The summed E-state index contributed by atoms with van der Waals surface area (Å²) in [5.74, 6) is -0.238. The van der Waals surface area contributed by atoms with Crippen LogP contribution >= 0.6 is 11.6 Å². The molecule has 0 saturated carbocycles. The summed E-state index contributed by atoms with van der Waals surface area (Å²) in [5.41, 5.74) is 7.36. The van der Waals surface area contributed by atoms with Gasteiger partial charge in [-0.15, -0.1) is 0 Å². The van der Waals surface area contributed by atoms with Crippen LogP contribution in [0.5, 0.6) is 11.5 Å². The third kappa shape index (κ3) is 3.25. The molecule has 0 bridgehead atoms. The van der Waals surface area contributed by atoms with Gasteiger partial charge in [0.05, 0.1) is 0 Å². The first-order chi connectivity index (χ1) is 9.92. The van der Waals surface area contributed by atoms with Crippen LogP contribution in [0.3, 0.4) is 0 Å². The van der Waals surface area contributed by atoms with Crippen LogP contribution in [0.25, 0.3) is 0 Å². The molecule has 2 aromatic rings. The van der Waals surface area contributed by atoms with Gasteiger partial charge in [-0.05, 0) is 55.3 Å². The van der Waals surface area contributed by atoms with Crippen molar-refractivity contribution in [2.45, 2.75) is 13.8 Å². The number of amidine groups is 1. The highest BCUT2D eigenvalue weighted by Gasteiger charge is 2.10. The normalized spacial score (nSPS) is 11.5. The summed E-state index contributed by atoms with van der Waals surface area (Å²) in [6, 6.07) is 7.52. The minimum absolute atomic E-state index is 0.0469. The number of hydrogen-bond acceptors (Lipinski definition) is 3. The van der Waals surface area contributed by atoms with Gasteiger partial charge < -0.3 is 15.7 Å². The smallest absolute Gasteiger partial charge is 0.170 e. The molecule has 0 aromatic heterocycles. The SMILES string of the molecule is Cc1cc(Oc2ccc(/C(N)=N/O)cc2F)cc(C)c1Cl. The summed E-state index contributed by atoms with van der Waals surface area (Å²) >= 11 is 6.08. The molecule has 0 heterocycles. The summed E-state index contributed by atoms with van der Waals surface area (Å²) in [5, 5.41) is 12.0. The maximum Gasteiger partial charge on any atom is 0.170 e. The van der Waals surface area contributed by atoms with E-state index in [4.69, 9.17) is 27.3 Å². The quantitative estimate of drug-likeness (QED) is 0.390. The van der Waals surface area contributed by atoms with E-state index in [2.05, 4.69) is 5.16 Å². The zero-order valence-electron chi connectivity index (χ0n) is 11.5. The van der Waals surface area contributed by atoms with Crippen molar-refractivity contribution in [3.63, 3.8) is 0 Å². The van der Waals surface area contributed by atoms with Gasteiger partial charge in [0.25, 0.3) is 0 Å². The van der Waals surface area contributed by atoms with Crippen LogP contribution in [0, 0.1) is 19.7 Å². The van der Waals surface area contributed by atoms with Gasteiger partial charge in [0.1, 0.15) is 5.75 Å². The maximum atomic E-state index is 14.0. The zero-order valence-corrected chi connectivity index (χ0v) is 12.3. The molecule has 0 atom stereocenters. The molecule has 3 N–H and O–H groups in total. The van der Waals surface area contributed by atoms with Crippen LogP contribution in [0.1, 0.15) is 16.7 Å². The number of nitrogens with zero attached hydrogens (tertiary/aromatic N) is 1. The minimum Gasteiger partial charge on any atom is -0.454 e. The van der Waals surface area contributed by atoms with E-state index in [-0.39, 0.29) is 17.1 Å². The molecule has 0 saturated heterocycles. The van der Waals surface area contributed by atoms with Crippen LogP contribution in [0.15, 0.2) is 35.5 Å². The van der Waals surface area contributed by atoms with Crippen molar-refractivity contribution < 1.29 is 14.3 Å². The second-order valence-corrected chi connectivity index (χ2v) is 4.98. The molecule has 0 unspecified atom stereocenters. The molecule has 4 nitrogen and oxygen atoms in total. The Hall–Kier alpha value is -2.27. The number of ether oxygens (including phenoxy) is 1. The molecule has 2 aromatic carbocycles. The van der Waals surface area contributed by atoms with Gasteiger partial charge in [0.2, 0.25) is 0 Å². The van der Waals surface area contributed by atoms with E-state index in [1.807, 2.05) is 13.8 Å². The molecule has 0 radical (unpaired) electrons. The van der Waals surface area contributed by atoms with E-state index in [0.29, 0.717) is 10.8 Å². The highest BCUT2D eigenvalue weighted by atomic mass is 35.5. The van der Waals surface area contributed by atoms with Crippen LogP contribution in [-0.4, -0.2) is 11.0 Å². The third-order valence-corrected chi connectivity index (χ3v) is 3.57. The molecule has 0 fully saturated rings. The Bertz CT molecular complexity index is 694. The van der Waals surface area contributed by atoms with Gasteiger partial charge in [-0.25, -0.2) is 4.39 Å². The number of hydrogen-bond donors (Lipinski definition) is 2. The summed E-state index contributed by atoms with van der Waals surface area (Å²) in [4.78, 5) is 0. The van der Waals surface area contributed by atoms with Gasteiger partial charge in [-0.2, -0.15) is 0 Å². The lowest BCUT2D eigenvalue weighted by Gasteiger charge is -2.11. The van der Waals surface area contributed by atoms with Gasteiger partial charge in [0.15, 0.2) is 17.4 Å². The molecule has 21 heavy (non-hydrogen) atoms. The fourth-order valence-corrected chi connectivity index (χ4v) is 2.00. The summed E-state index contributed by atoms with van der Waals surface area (Å²) in [7, 11) is 0. The van der Waals surface area contributed by atoms with Gasteiger partial charge >= 0.3 is 0 Å². The standard InChI is InChI=1S/C15H14ClFN2O2/c1-8-5-11(6-9(2)14(8)16)21-13-4-3-10(7-12(13)17)15(18)19-20/h3-7,20H,1-2H3,(H2,18,19). The van der Waals surface area contributed by atoms with Gasteiger partial charge in [0, 0.05) is 10.6 Å². The second kappa shape index (κ2) is 6.01. The fraction of sp³-hybridized carbons (Fsp3) is 0.133. The predicted molar refractivity (Wildman–Crippen MR) is 79.9 cm³/mol. The van der Waals surface area contributed by atoms with Crippen molar-refractivity contribution in [3.8, 4) is 11.5 Å². The van der Waals surface area contributed by atoms with E-state index in [0.717, 1.165) is 17.2 Å². The first-order valence-corrected chi connectivity index (χ1v) is 6.52. The summed E-state index contributed by atoms with van der Waals surface area (Å²) in [6.07, 6.45) is 0. The monoisotopic (exact) mass is 308 g/mol. The topological polar surface area (TPSA) is 67.8 Å². The van der Waals surface area contributed by atoms with Crippen LogP contribution in [0.4, 0.5) is 4.39 Å². The van der Waals surface area contributed by atoms with E-state index < -0.39 is 5.82 Å². The zero-order chi connectivity index (χ0) is 15.6. The molecular weight excluding hydrogens is 295 g/mol. The molecule has 0 aliphatic rings. The lowest BCUT2D eigenvalue weighted by molar-refractivity contribution is 0.318. The molecule has 0 aliphatic heterocycles. The van der Waals surface area contributed by atoms with Crippen molar-refractivity contribution in [3.05, 3.63) is 57.9 Å². The van der Waals surface area contributed by atoms with E-state index in [9.17, 15) is 4.39 Å². The molecule has 110 valence electrons. The first kappa shape index (κ1) is 15.1. The largest absolute Gasteiger partial charge is 0.454 e. The number of nitrogens with two attached hydrogens (primary N) is 1. The number of benzene rings is 2. The number of aryl methyl sites for hydroxylation is 2. The lowest BCUT2D eigenvalue weighted by atomic mass is 10.1. The predicted octanol–water partition coefficient (Wildman–Crippen LogP) is 3.98. The highest BCUT2D eigenvalue weighted by Crippen LogP contribution is 2.30. The summed E-state index contributed by atoms with van der Waals surface area (Å²) in [6.45, 7) is 3.69. The number of halogens is 2. The molecule has 2 rings (SSSR count). The third-order valence-electron chi connectivity index (χ3n) is 2.97. The van der Waals surface area contributed by atoms with Crippen molar-refractivity contribution >= 4 is 17.4 Å². The van der Waals surface area contributed by atoms with E-state index in [1.165, 1.54) is 12.1 Å². The Balaban J connectivity index is 2.32. The Kier molecular flexibility index (Phi) is 4.33. The number of oxime groups is 1. The minimum atomic E-state index is -0.607. The average Bonchev–Trinajstić information content (AvgIpc) is 2.46. The first-order valence-electron chi connectivity index (χ1n) is 6.14. The molecule has 0 spiro atoms. The van der Waals surface area contributed by atoms with Gasteiger partial charge in [-0.1, -0.05) is 16.8 Å². The van der Waals surface area contributed by atoms with Crippen LogP contribution < -0.4 is 10.5 Å². The van der Waals surface area contributed by atoms with Crippen molar-refractivity contribution in [1.82, 2.24) is 0 Å². The lowest BCUT2D eigenvalue weighted by Crippen LogP contribution is -2.13. The van der Waals surface area contributed by atoms with E-state index >= 15 is 0 Å². The average molecular weight is 309 g/mol. The van der Waals surface area contributed by atoms with E-state index in [1.54, 1.807) is 12.1 Å². The molecule has 0 aliphatic carbocycles. The maximum absolute atomic E-state index is 14.0. The van der Waals surface area contributed by atoms with Crippen molar-refractivity contribution in [1.29, 1.82) is 0 Å². The highest BCUT2D eigenvalue weighted by molar-refractivity contribution is 6.32. The fourth-order valence-electron chi connectivity index (χ4n) is 1.89. The second-order valence-electron chi connectivity index (χ2n) is 4.60. The van der Waals surface area contributed by atoms with Gasteiger partial charge in [-0.3, -0.25) is 0 Å².